The average molecular weight is 324 g/mol. The number of anilines is 1. The van der Waals surface area contributed by atoms with Gasteiger partial charge in [-0.15, -0.1) is 0 Å². The quantitative estimate of drug-likeness (QED) is 0.750. The molecule has 0 aliphatic heterocycles. The van der Waals surface area contributed by atoms with Crippen molar-refractivity contribution in [1.29, 1.82) is 5.26 Å². The van der Waals surface area contributed by atoms with Crippen LogP contribution in [-0.4, -0.2) is 4.98 Å². The second-order valence-corrected chi connectivity index (χ2v) is 5.53. The van der Waals surface area contributed by atoms with Gasteiger partial charge in [0.05, 0.1) is 0 Å². The molecule has 0 spiro atoms. The van der Waals surface area contributed by atoms with E-state index in [-0.39, 0.29) is 5.69 Å². The van der Waals surface area contributed by atoms with Gasteiger partial charge in [0.1, 0.15) is 6.07 Å². The fourth-order valence-corrected chi connectivity index (χ4v) is 2.44. The fourth-order valence-electron chi connectivity index (χ4n) is 2.23. The zero-order valence-corrected chi connectivity index (χ0v) is 13.3. The summed E-state index contributed by atoms with van der Waals surface area (Å²) in [4.78, 5) is 4.25. The van der Waals surface area contributed by atoms with E-state index in [2.05, 4.69) is 16.4 Å². The Morgan fingerprint density at radius 1 is 1.22 bits per heavy atom. The zero-order chi connectivity index (χ0) is 16.2. The number of nitrogens with zero attached hydrogens (tertiary/aromatic N) is 2. The summed E-state index contributed by atoms with van der Waals surface area (Å²) in [6.07, 6.45) is 0. The van der Waals surface area contributed by atoms with Gasteiger partial charge < -0.3 is 9.73 Å². The first-order valence-corrected chi connectivity index (χ1v) is 7.50. The molecule has 3 rings (SSSR count). The molecule has 3 aromatic rings. The van der Waals surface area contributed by atoms with Crippen molar-refractivity contribution >= 4 is 17.5 Å². The van der Waals surface area contributed by atoms with Gasteiger partial charge in [0, 0.05) is 17.1 Å². The van der Waals surface area contributed by atoms with E-state index in [0.717, 1.165) is 16.7 Å². The molecule has 0 saturated carbocycles. The van der Waals surface area contributed by atoms with Crippen molar-refractivity contribution in [2.24, 2.45) is 0 Å². The highest BCUT2D eigenvalue weighted by molar-refractivity contribution is 6.31. The summed E-state index contributed by atoms with van der Waals surface area (Å²) in [5, 5.41) is 13.0. The molecule has 0 radical (unpaired) electrons. The van der Waals surface area contributed by atoms with Crippen LogP contribution in [0.2, 0.25) is 5.02 Å². The number of halogens is 1. The molecule has 0 atom stereocenters. The monoisotopic (exact) mass is 323 g/mol. The molecule has 0 aliphatic carbocycles. The molecule has 1 aromatic heterocycles. The molecule has 5 heteroatoms. The highest BCUT2D eigenvalue weighted by Gasteiger charge is 2.14. The van der Waals surface area contributed by atoms with Gasteiger partial charge in [-0.25, -0.2) is 0 Å². The largest absolute Gasteiger partial charge is 0.419 e. The van der Waals surface area contributed by atoms with Crippen LogP contribution in [0.25, 0.3) is 11.5 Å². The highest BCUT2D eigenvalue weighted by atomic mass is 35.5. The number of hydrogen-bond acceptors (Lipinski definition) is 4. The molecule has 2 aromatic carbocycles. The van der Waals surface area contributed by atoms with Crippen molar-refractivity contribution in [3.05, 3.63) is 70.4 Å². The minimum absolute atomic E-state index is 0.230. The molecule has 23 heavy (non-hydrogen) atoms. The fraction of sp³-hybridized carbons (Fsp3) is 0.111. The summed E-state index contributed by atoms with van der Waals surface area (Å²) < 4.78 is 5.72. The third-order valence-corrected chi connectivity index (χ3v) is 3.76. The highest BCUT2D eigenvalue weighted by Crippen LogP contribution is 2.26. The first kappa shape index (κ1) is 15.1. The molecule has 0 unspecified atom stereocenters. The Labute approximate surface area is 139 Å². The maximum absolute atomic E-state index is 9.25. The van der Waals surface area contributed by atoms with Crippen LogP contribution in [0.5, 0.6) is 0 Å². The third kappa shape index (κ3) is 3.36. The molecule has 1 N–H and O–H groups in total. The Morgan fingerprint density at radius 3 is 2.78 bits per heavy atom. The average Bonchev–Trinajstić information content (AvgIpc) is 2.97. The number of nitriles is 1. The SMILES string of the molecule is Cc1cccc(-c2nc(C#N)c(NCc3ccccc3Cl)o2)c1. The van der Waals surface area contributed by atoms with Gasteiger partial charge >= 0.3 is 0 Å². The number of hydrogen-bond donors (Lipinski definition) is 1. The van der Waals surface area contributed by atoms with Crippen LogP contribution in [0, 0.1) is 18.3 Å². The van der Waals surface area contributed by atoms with Gasteiger partial charge in [0.25, 0.3) is 0 Å². The van der Waals surface area contributed by atoms with E-state index in [1.165, 1.54) is 0 Å². The van der Waals surface area contributed by atoms with Crippen LogP contribution in [-0.2, 0) is 6.54 Å². The van der Waals surface area contributed by atoms with Crippen molar-refractivity contribution < 1.29 is 4.42 Å². The number of oxazole rings is 1. The van der Waals surface area contributed by atoms with E-state index < -0.39 is 0 Å². The summed E-state index contributed by atoms with van der Waals surface area (Å²) >= 11 is 6.13. The minimum Gasteiger partial charge on any atom is -0.419 e. The number of rotatable bonds is 4. The summed E-state index contributed by atoms with van der Waals surface area (Å²) in [6.45, 7) is 2.45. The van der Waals surface area contributed by atoms with Gasteiger partial charge in [-0.3, -0.25) is 0 Å². The van der Waals surface area contributed by atoms with E-state index in [1.54, 1.807) is 0 Å². The van der Waals surface area contributed by atoms with Crippen molar-refractivity contribution in [1.82, 2.24) is 4.98 Å². The predicted octanol–water partition coefficient (Wildman–Crippen LogP) is 4.79. The van der Waals surface area contributed by atoms with E-state index in [0.29, 0.717) is 23.3 Å². The van der Waals surface area contributed by atoms with Gasteiger partial charge in [-0.2, -0.15) is 10.2 Å². The summed E-state index contributed by atoms with van der Waals surface area (Å²) in [6, 6.07) is 17.4. The molecule has 0 fully saturated rings. The lowest BCUT2D eigenvalue weighted by atomic mass is 10.1. The Balaban J connectivity index is 1.86. The van der Waals surface area contributed by atoms with Crippen molar-refractivity contribution in [2.75, 3.05) is 5.32 Å². The van der Waals surface area contributed by atoms with Crippen LogP contribution < -0.4 is 5.32 Å². The minimum atomic E-state index is 0.230. The molecule has 0 aliphatic rings. The Hall–Kier alpha value is -2.77. The summed E-state index contributed by atoms with van der Waals surface area (Å²) in [5.74, 6) is 0.774. The summed E-state index contributed by atoms with van der Waals surface area (Å²) in [5.41, 5.74) is 3.09. The lowest BCUT2D eigenvalue weighted by Crippen LogP contribution is -2.00. The number of nitrogens with one attached hydrogen (secondary N) is 1. The Bertz CT molecular complexity index is 880. The van der Waals surface area contributed by atoms with Gasteiger partial charge in [0.15, 0.2) is 0 Å². The lowest BCUT2D eigenvalue weighted by Gasteiger charge is -2.05. The molecular formula is C18H14ClN3O. The van der Waals surface area contributed by atoms with E-state index in [1.807, 2.05) is 55.5 Å². The van der Waals surface area contributed by atoms with Gasteiger partial charge in [0.2, 0.25) is 17.5 Å². The van der Waals surface area contributed by atoms with E-state index >= 15 is 0 Å². The first-order valence-electron chi connectivity index (χ1n) is 7.12. The van der Waals surface area contributed by atoms with Gasteiger partial charge in [-0.05, 0) is 30.7 Å². The molecule has 0 saturated heterocycles. The molecule has 1 heterocycles. The molecule has 114 valence electrons. The zero-order valence-electron chi connectivity index (χ0n) is 12.5. The van der Waals surface area contributed by atoms with E-state index in [4.69, 9.17) is 16.0 Å². The number of aryl methyl sites for hydroxylation is 1. The topological polar surface area (TPSA) is 61.9 Å². The normalized spacial score (nSPS) is 10.3. The Morgan fingerprint density at radius 2 is 2.04 bits per heavy atom. The molecule has 4 nitrogen and oxygen atoms in total. The van der Waals surface area contributed by atoms with Crippen LogP contribution >= 0.6 is 11.6 Å². The second kappa shape index (κ2) is 6.55. The van der Waals surface area contributed by atoms with E-state index in [9.17, 15) is 5.26 Å². The van der Waals surface area contributed by atoms with Crippen LogP contribution in [0.4, 0.5) is 5.88 Å². The second-order valence-electron chi connectivity index (χ2n) is 5.12. The smallest absolute Gasteiger partial charge is 0.232 e. The molecule has 0 bridgehead atoms. The maximum Gasteiger partial charge on any atom is 0.232 e. The van der Waals surface area contributed by atoms with Crippen molar-refractivity contribution in [2.45, 2.75) is 13.5 Å². The van der Waals surface area contributed by atoms with Crippen LogP contribution in [0.1, 0.15) is 16.8 Å². The number of aromatic nitrogens is 1. The third-order valence-electron chi connectivity index (χ3n) is 3.40. The Kier molecular flexibility index (Phi) is 4.31. The predicted molar refractivity (Wildman–Crippen MR) is 90.2 cm³/mol. The maximum atomic E-state index is 9.25. The summed E-state index contributed by atoms with van der Waals surface area (Å²) in [7, 11) is 0. The standard InChI is InChI=1S/C18H14ClN3O/c1-12-5-4-7-13(9-12)17-22-16(10-20)18(23-17)21-11-14-6-2-3-8-15(14)19/h2-9,21H,11H2,1H3. The van der Waals surface area contributed by atoms with Crippen LogP contribution in [0.15, 0.2) is 52.9 Å². The number of benzene rings is 2. The molecule has 0 amide bonds. The van der Waals surface area contributed by atoms with Gasteiger partial charge in [-0.1, -0.05) is 47.5 Å². The van der Waals surface area contributed by atoms with Crippen LogP contribution in [0.3, 0.4) is 0 Å². The van der Waals surface area contributed by atoms with Crippen molar-refractivity contribution in [3.63, 3.8) is 0 Å². The first-order chi connectivity index (χ1) is 11.2. The van der Waals surface area contributed by atoms with Crippen molar-refractivity contribution in [3.8, 4) is 17.5 Å². The lowest BCUT2D eigenvalue weighted by molar-refractivity contribution is 0.585. The molecular weight excluding hydrogens is 310 g/mol.